The first-order valence-corrected chi connectivity index (χ1v) is 15.7. The van der Waals surface area contributed by atoms with Crippen LogP contribution in [0.1, 0.15) is 73.1 Å². The van der Waals surface area contributed by atoms with Gasteiger partial charge in [0.25, 0.3) is 5.91 Å². The van der Waals surface area contributed by atoms with E-state index in [0.29, 0.717) is 32.7 Å². The highest BCUT2D eigenvalue weighted by Crippen LogP contribution is 2.45. The first-order chi connectivity index (χ1) is 20.2. The summed E-state index contributed by atoms with van der Waals surface area (Å²) in [6, 6.07) is -2.92. The molecule has 0 aromatic carbocycles. The summed E-state index contributed by atoms with van der Waals surface area (Å²) < 4.78 is 5.03. The molecule has 13 nitrogen and oxygen atoms in total. The molecule has 4 amide bonds. The van der Waals surface area contributed by atoms with Crippen LogP contribution in [0.25, 0.3) is 0 Å². The first kappa shape index (κ1) is 33.1. The van der Waals surface area contributed by atoms with Crippen LogP contribution in [0.5, 0.6) is 0 Å². The van der Waals surface area contributed by atoms with Crippen LogP contribution >= 0.6 is 0 Å². The molecule has 4 fully saturated rings. The van der Waals surface area contributed by atoms with Crippen LogP contribution in [0.15, 0.2) is 0 Å². The molecular weight excluding hydrogens is 556 g/mol. The quantitative estimate of drug-likeness (QED) is 0.137. The molecule has 0 spiro atoms. The maximum absolute atomic E-state index is 14.2. The number of fused-ring (bicyclic) bond motifs is 1. The summed E-state index contributed by atoms with van der Waals surface area (Å²) in [5.74, 6) is -2.20. The van der Waals surface area contributed by atoms with E-state index in [4.69, 9.17) is 10.5 Å². The fourth-order valence-corrected chi connectivity index (χ4v) is 6.67. The van der Waals surface area contributed by atoms with Crippen LogP contribution in [0.2, 0.25) is 0 Å². The van der Waals surface area contributed by atoms with Gasteiger partial charge in [-0.05, 0) is 48.3 Å². The predicted molar refractivity (Wildman–Crippen MR) is 157 cm³/mol. The van der Waals surface area contributed by atoms with Gasteiger partial charge in [0, 0.05) is 19.1 Å². The van der Waals surface area contributed by atoms with Crippen LogP contribution in [-0.2, 0) is 23.9 Å². The van der Waals surface area contributed by atoms with Crippen molar-refractivity contribution >= 4 is 29.6 Å². The minimum absolute atomic E-state index is 0.0359. The Kier molecular flexibility index (Phi) is 10.4. The van der Waals surface area contributed by atoms with E-state index in [1.807, 2.05) is 34.6 Å². The first-order valence-electron chi connectivity index (χ1n) is 15.7. The lowest BCUT2D eigenvalue weighted by Crippen LogP contribution is -2.63. The highest BCUT2D eigenvalue weighted by atomic mass is 16.6. The number of aliphatic hydroxyl groups is 1. The molecule has 6 N–H and O–H groups in total. The van der Waals surface area contributed by atoms with Gasteiger partial charge in [-0.15, -0.1) is 0 Å². The Labute approximate surface area is 254 Å². The third-order valence-electron chi connectivity index (χ3n) is 9.75. The van der Waals surface area contributed by atoms with Gasteiger partial charge in [-0.2, -0.15) is 0 Å². The molecular formula is C30H50N6O7. The van der Waals surface area contributed by atoms with Crippen molar-refractivity contribution in [3.05, 3.63) is 0 Å². The average molecular weight is 607 g/mol. The molecule has 2 aliphatic heterocycles. The fourth-order valence-electron chi connectivity index (χ4n) is 6.67. The number of ether oxygens (including phenoxy) is 1. The zero-order valence-corrected chi connectivity index (χ0v) is 26.1. The molecule has 7 atom stereocenters. The summed E-state index contributed by atoms with van der Waals surface area (Å²) >= 11 is 0. The Morgan fingerprint density at radius 1 is 1.09 bits per heavy atom. The van der Waals surface area contributed by atoms with E-state index in [2.05, 4.69) is 16.0 Å². The molecule has 4 rings (SSSR count). The fraction of sp³-hybridized carbons (Fsp3) is 0.833. The van der Waals surface area contributed by atoms with Gasteiger partial charge in [-0.1, -0.05) is 53.9 Å². The number of carbonyl (C=O) groups excluding carboxylic acids is 5. The Balaban J connectivity index is 1.47. The zero-order valence-electron chi connectivity index (χ0n) is 26.1. The number of likely N-dealkylation sites (tertiary alicyclic amines) is 1. The summed E-state index contributed by atoms with van der Waals surface area (Å²) in [5.41, 5.74) is 4.67. The molecule has 43 heavy (non-hydrogen) atoms. The van der Waals surface area contributed by atoms with Crippen molar-refractivity contribution in [3.63, 3.8) is 0 Å². The van der Waals surface area contributed by atoms with E-state index in [1.54, 1.807) is 9.80 Å². The summed E-state index contributed by atoms with van der Waals surface area (Å²) in [5, 5.41) is 20.0. The number of amides is 4. The standard InChI is InChI=1S/C30H50N6O7/c1-16(2)21(15-35-11-12-43-29(35)42)33-28(41)34-24(30(3,4)5)27(40)36-14-18-9-10-19(18)22(36)26(39)32-20(23(37)25(31)38)13-17-7-6-8-17/h16-22,24,28,33-34,41H,6-15H2,1-5H3,(H2,31,38)(H,32,39)/t18-,19-,20?,21+,22-,24+,28?/m0/s1. The van der Waals surface area contributed by atoms with Gasteiger partial charge in [-0.3, -0.25) is 29.8 Å². The van der Waals surface area contributed by atoms with Crippen molar-refractivity contribution in [2.24, 2.45) is 34.8 Å². The van der Waals surface area contributed by atoms with Crippen molar-refractivity contribution in [1.82, 2.24) is 25.8 Å². The smallest absolute Gasteiger partial charge is 0.409 e. The van der Waals surface area contributed by atoms with Crippen LogP contribution in [0.4, 0.5) is 4.79 Å². The lowest BCUT2D eigenvalue weighted by atomic mass is 9.72. The number of hydrogen-bond acceptors (Lipinski definition) is 9. The number of cyclic esters (lactones) is 1. The third kappa shape index (κ3) is 7.66. The number of primary amides is 1. The second-order valence-electron chi connectivity index (χ2n) is 14.2. The highest BCUT2D eigenvalue weighted by Gasteiger charge is 2.54. The summed E-state index contributed by atoms with van der Waals surface area (Å²) in [4.78, 5) is 67.5. The van der Waals surface area contributed by atoms with Gasteiger partial charge in [0.2, 0.25) is 17.6 Å². The number of ketones is 1. The van der Waals surface area contributed by atoms with Gasteiger partial charge in [-0.25, -0.2) is 4.79 Å². The van der Waals surface area contributed by atoms with Crippen molar-refractivity contribution in [2.45, 2.75) is 104 Å². The number of nitrogens with two attached hydrogens (primary N) is 1. The van der Waals surface area contributed by atoms with Gasteiger partial charge in [0.1, 0.15) is 12.6 Å². The topological polar surface area (TPSA) is 183 Å². The number of aliphatic hydroxyl groups excluding tert-OH is 1. The number of hydrogen-bond donors (Lipinski definition) is 5. The molecule has 2 saturated carbocycles. The molecule has 2 aliphatic carbocycles. The molecule has 4 aliphatic rings. The molecule has 2 heterocycles. The number of nitrogens with zero attached hydrogens (tertiary/aromatic N) is 2. The van der Waals surface area contributed by atoms with Crippen LogP contribution in [0, 0.1) is 29.1 Å². The molecule has 0 bridgehead atoms. The highest BCUT2D eigenvalue weighted by molar-refractivity contribution is 6.37. The maximum Gasteiger partial charge on any atom is 0.409 e. The van der Waals surface area contributed by atoms with Crippen molar-refractivity contribution < 1.29 is 33.8 Å². The van der Waals surface area contributed by atoms with Crippen molar-refractivity contribution in [2.75, 3.05) is 26.2 Å². The van der Waals surface area contributed by atoms with E-state index in [1.165, 1.54) is 0 Å². The lowest BCUT2D eigenvalue weighted by molar-refractivity contribution is -0.145. The van der Waals surface area contributed by atoms with E-state index in [0.717, 1.165) is 32.1 Å². The molecule has 2 saturated heterocycles. The molecule has 242 valence electrons. The minimum Gasteiger partial charge on any atom is -0.448 e. The SMILES string of the molecule is CC(C)[C@@H](CN1CCOC1=O)NC(O)N[C@H](C(=O)N1C[C@@H]2CC[C@@H]2[C@H]1C(=O)NC(CC1CCC1)C(=O)C(N)=O)C(C)(C)C. The Morgan fingerprint density at radius 2 is 1.79 bits per heavy atom. The Morgan fingerprint density at radius 3 is 2.28 bits per heavy atom. The molecule has 0 aromatic rings. The summed E-state index contributed by atoms with van der Waals surface area (Å²) in [6.45, 7) is 11.2. The normalized spacial score (nSPS) is 26.6. The van der Waals surface area contributed by atoms with Crippen molar-refractivity contribution in [3.8, 4) is 0 Å². The second-order valence-corrected chi connectivity index (χ2v) is 14.2. The third-order valence-corrected chi connectivity index (χ3v) is 9.75. The van der Waals surface area contributed by atoms with Gasteiger partial charge < -0.3 is 30.7 Å². The second kappa shape index (κ2) is 13.5. The summed E-state index contributed by atoms with van der Waals surface area (Å²) in [6.07, 6.45) is 3.31. The largest absolute Gasteiger partial charge is 0.448 e. The Hall–Kier alpha value is -2.77. The predicted octanol–water partition coefficient (Wildman–Crippen LogP) is 0.299. The van der Waals surface area contributed by atoms with Crippen LogP contribution < -0.4 is 21.7 Å². The summed E-state index contributed by atoms with van der Waals surface area (Å²) in [7, 11) is 0. The molecule has 0 aromatic heterocycles. The number of Topliss-reactive ketones (excluding diaryl/α,β-unsaturated/α-hetero) is 1. The van der Waals surface area contributed by atoms with Crippen LogP contribution in [-0.4, -0.2) is 101 Å². The van der Waals surface area contributed by atoms with Gasteiger partial charge >= 0.3 is 6.09 Å². The average Bonchev–Trinajstić information content (AvgIpc) is 3.40. The van der Waals surface area contributed by atoms with Crippen LogP contribution in [0.3, 0.4) is 0 Å². The van der Waals surface area contributed by atoms with E-state index < -0.39 is 53.6 Å². The van der Waals surface area contributed by atoms with E-state index in [9.17, 15) is 29.1 Å². The minimum atomic E-state index is -1.27. The molecule has 2 unspecified atom stereocenters. The lowest BCUT2D eigenvalue weighted by Gasteiger charge is -2.39. The van der Waals surface area contributed by atoms with E-state index >= 15 is 0 Å². The maximum atomic E-state index is 14.2. The monoisotopic (exact) mass is 606 g/mol. The Bertz CT molecular complexity index is 1070. The zero-order chi connectivity index (χ0) is 31.6. The number of rotatable bonds is 14. The molecule has 0 radical (unpaired) electrons. The van der Waals surface area contributed by atoms with Gasteiger partial charge in [0.15, 0.2) is 6.35 Å². The number of carbonyl (C=O) groups is 5. The van der Waals surface area contributed by atoms with Crippen molar-refractivity contribution in [1.29, 1.82) is 0 Å². The molecule has 13 heteroatoms. The van der Waals surface area contributed by atoms with E-state index in [-0.39, 0.29) is 35.6 Å². The van der Waals surface area contributed by atoms with Gasteiger partial charge in [0.05, 0.1) is 18.6 Å². The number of nitrogens with one attached hydrogen (secondary N) is 3.